The topological polar surface area (TPSA) is 142 Å². The fourth-order valence-corrected chi connectivity index (χ4v) is 6.24. The molecule has 12 nitrogen and oxygen atoms in total. The molecule has 4 aliphatic carbocycles. The van der Waals surface area contributed by atoms with E-state index in [4.69, 9.17) is 4.74 Å². The smallest absolute Gasteiger partial charge is 0.407 e. The van der Waals surface area contributed by atoms with Crippen molar-refractivity contribution in [2.45, 2.75) is 55.8 Å². The van der Waals surface area contributed by atoms with E-state index < -0.39 is 24.3 Å². The van der Waals surface area contributed by atoms with Crippen LogP contribution in [-0.4, -0.2) is 85.5 Å². The fraction of sp³-hybridized carbons (Fsp3) is 0.560. The van der Waals surface area contributed by atoms with E-state index in [1.165, 1.54) is 0 Å². The lowest BCUT2D eigenvalue weighted by molar-refractivity contribution is -0.0532. The molecule has 4 heterocycles. The predicted octanol–water partition coefficient (Wildman–Crippen LogP) is 2.10. The summed E-state index contributed by atoms with van der Waals surface area (Å²) in [5.74, 6) is 1.06. The molecule has 2 bridgehead atoms. The van der Waals surface area contributed by atoms with E-state index in [-0.39, 0.29) is 11.4 Å². The van der Waals surface area contributed by atoms with Crippen LogP contribution in [0.1, 0.15) is 54.2 Å². The highest BCUT2D eigenvalue weighted by molar-refractivity contribution is 5.93. The number of alkyl halides is 1. The minimum absolute atomic E-state index is 0.0965. The number of imidazole rings is 1. The summed E-state index contributed by atoms with van der Waals surface area (Å²) in [5, 5.41) is 16.5. The number of ether oxygens (including phenoxy) is 1. The largest absolute Gasteiger partial charge is 0.443 e. The van der Waals surface area contributed by atoms with Crippen molar-refractivity contribution >= 4 is 29.4 Å². The maximum Gasteiger partial charge on any atom is 0.407 e. The van der Waals surface area contributed by atoms with Gasteiger partial charge in [-0.3, -0.25) is 14.3 Å². The van der Waals surface area contributed by atoms with Crippen LogP contribution in [0, 0.1) is 5.92 Å². The molecule has 13 heteroatoms. The molecule has 1 saturated heterocycles. The third kappa shape index (κ3) is 4.05. The van der Waals surface area contributed by atoms with Gasteiger partial charge in [0.1, 0.15) is 23.6 Å². The molecule has 4 N–H and O–H groups in total. The van der Waals surface area contributed by atoms with Crippen molar-refractivity contribution < 1.29 is 18.7 Å². The van der Waals surface area contributed by atoms with E-state index >= 15 is 4.39 Å². The van der Waals surface area contributed by atoms with Crippen LogP contribution in [0.2, 0.25) is 0 Å². The molecule has 0 aromatic carbocycles. The normalized spacial score (nSPS) is 30.0. The minimum atomic E-state index is -1.32. The number of aromatic amines is 1. The molecule has 3 atom stereocenters. The zero-order chi connectivity index (χ0) is 25.9. The van der Waals surface area contributed by atoms with Gasteiger partial charge < -0.3 is 25.6 Å². The summed E-state index contributed by atoms with van der Waals surface area (Å²) in [6.07, 6.45) is 4.67. The zero-order valence-electron chi connectivity index (χ0n) is 20.8. The molecular formula is C25H30FN9O3. The number of halogens is 1. The van der Waals surface area contributed by atoms with Crippen LogP contribution in [-0.2, 0) is 4.74 Å². The monoisotopic (exact) mass is 523 g/mol. The molecule has 5 fully saturated rings. The van der Waals surface area contributed by atoms with Crippen molar-refractivity contribution in [1.82, 2.24) is 40.1 Å². The molecule has 0 unspecified atom stereocenters. The van der Waals surface area contributed by atoms with Gasteiger partial charge in [-0.1, -0.05) is 0 Å². The summed E-state index contributed by atoms with van der Waals surface area (Å²) < 4.78 is 22.4. The van der Waals surface area contributed by atoms with Gasteiger partial charge in [-0.2, -0.15) is 5.10 Å². The van der Waals surface area contributed by atoms with Crippen molar-refractivity contribution in [1.29, 1.82) is 0 Å². The number of hydrogen-bond donors (Lipinski definition) is 4. The molecule has 0 radical (unpaired) electrons. The van der Waals surface area contributed by atoms with Gasteiger partial charge in [0.2, 0.25) is 5.95 Å². The first-order valence-electron chi connectivity index (χ1n) is 13.3. The molecule has 1 aliphatic heterocycles. The second-order valence-corrected chi connectivity index (χ2v) is 11.0. The molecule has 8 rings (SSSR count). The first-order valence-corrected chi connectivity index (χ1v) is 13.3. The van der Waals surface area contributed by atoms with E-state index in [2.05, 4.69) is 36.1 Å². The Labute approximate surface area is 217 Å². The highest BCUT2D eigenvalue weighted by atomic mass is 19.1. The van der Waals surface area contributed by atoms with Gasteiger partial charge in [0.05, 0.1) is 0 Å². The number of nitrogens with one attached hydrogen (secondary N) is 4. The first-order chi connectivity index (χ1) is 18.5. The third-order valence-corrected chi connectivity index (χ3v) is 8.41. The van der Waals surface area contributed by atoms with E-state index in [1.807, 2.05) is 0 Å². The van der Waals surface area contributed by atoms with Crippen LogP contribution in [0.4, 0.5) is 21.0 Å². The number of aromatic nitrogens is 5. The number of carbonyl (C=O) groups is 2. The number of anilines is 2. The maximum absolute atomic E-state index is 15.3. The number of hydrogen-bond acceptors (Lipinski definition) is 8. The molecule has 200 valence electrons. The molecule has 38 heavy (non-hydrogen) atoms. The van der Waals surface area contributed by atoms with Gasteiger partial charge in [-0.05, 0) is 44.1 Å². The van der Waals surface area contributed by atoms with E-state index in [1.54, 1.807) is 33.8 Å². The Hall–Kier alpha value is -3.74. The lowest BCUT2D eigenvalue weighted by atomic mass is 9.50. The van der Waals surface area contributed by atoms with Gasteiger partial charge >= 0.3 is 6.09 Å². The number of alkyl carbamates (subject to hydrolysis) is 1. The maximum atomic E-state index is 15.3. The molecule has 3 aromatic heterocycles. The average molecular weight is 524 g/mol. The van der Waals surface area contributed by atoms with Gasteiger partial charge in [-0.25, -0.2) is 19.2 Å². The highest BCUT2D eigenvalue weighted by Gasteiger charge is 2.58. The number of rotatable bonds is 6. The van der Waals surface area contributed by atoms with Gasteiger partial charge in [0, 0.05) is 61.8 Å². The summed E-state index contributed by atoms with van der Waals surface area (Å²) in [6, 6.07) is 3.47. The van der Waals surface area contributed by atoms with Crippen molar-refractivity contribution in [3.63, 3.8) is 0 Å². The number of nitrogens with zero attached hydrogens (tertiary/aromatic N) is 5. The van der Waals surface area contributed by atoms with Crippen molar-refractivity contribution in [2.24, 2.45) is 5.92 Å². The van der Waals surface area contributed by atoms with Crippen molar-refractivity contribution in [3.05, 3.63) is 35.9 Å². The third-order valence-electron chi connectivity index (χ3n) is 8.41. The lowest BCUT2D eigenvalue weighted by Gasteiger charge is -2.61. The first kappa shape index (κ1) is 23.4. The predicted molar refractivity (Wildman–Crippen MR) is 134 cm³/mol. The Morgan fingerprint density at radius 1 is 1.18 bits per heavy atom. The average Bonchev–Trinajstić information content (AvgIpc) is 3.60. The SMILES string of the molecule is O=C(NC12CC(C1)C2)O[C@@H]1CC[C@H](c2cc(Nc3nccc4nc(C(=O)N5CCNCC5)cn34)n[nH]2)[C@@H]1F. The Morgan fingerprint density at radius 3 is 2.76 bits per heavy atom. The van der Waals surface area contributed by atoms with Crippen LogP contribution in [0.25, 0.3) is 5.65 Å². The van der Waals surface area contributed by atoms with Gasteiger partial charge in [0.15, 0.2) is 5.82 Å². The summed E-state index contributed by atoms with van der Waals surface area (Å²) in [5.41, 5.74) is 1.45. The number of H-pyrrole nitrogens is 1. The highest BCUT2D eigenvalue weighted by Crippen LogP contribution is 2.57. The summed E-state index contributed by atoms with van der Waals surface area (Å²) >= 11 is 0. The molecule has 0 spiro atoms. The van der Waals surface area contributed by atoms with Gasteiger partial charge in [0.25, 0.3) is 5.91 Å². The second kappa shape index (κ2) is 8.93. The standard InChI is InChI=1S/C25H30FN9O3/c26-21-15(1-2-18(21)38-24(37)31-25-10-14(11-25)12-25)16-9-19(33-32-16)30-23-28-4-3-20-29-17(13-35(20)23)22(36)34-7-5-27-6-8-34/h3-4,9,13-15,18,21,27H,1-2,5-8,10-12H2,(H,31,37)(H2,28,30,32,33)/t14?,15-,18-,21+,25?/m1/s1. The number of fused-ring (bicyclic) bond motifs is 1. The van der Waals surface area contributed by atoms with Crippen LogP contribution in [0.15, 0.2) is 24.5 Å². The summed E-state index contributed by atoms with van der Waals surface area (Å²) in [7, 11) is 0. The Kier molecular flexibility index (Phi) is 5.49. The van der Waals surface area contributed by atoms with E-state index in [9.17, 15) is 9.59 Å². The Balaban J connectivity index is 1.01. The lowest BCUT2D eigenvalue weighted by Crippen LogP contribution is -2.68. The second-order valence-electron chi connectivity index (χ2n) is 11.0. The zero-order valence-corrected chi connectivity index (χ0v) is 20.8. The van der Waals surface area contributed by atoms with Crippen molar-refractivity contribution in [2.75, 3.05) is 31.5 Å². The molecule has 2 amide bonds. The minimum Gasteiger partial charge on any atom is -0.443 e. The Morgan fingerprint density at radius 2 is 2.00 bits per heavy atom. The number of carbonyl (C=O) groups excluding carboxylic acids is 2. The molecule has 3 aromatic rings. The van der Waals surface area contributed by atoms with E-state index in [0.717, 1.165) is 38.3 Å². The van der Waals surface area contributed by atoms with Crippen LogP contribution >= 0.6 is 0 Å². The van der Waals surface area contributed by atoms with Crippen LogP contribution in [0.3, 0.4) is 0 Å². The molecule has 4 saturated carbocycles. The summed E-state index contributed by atoms with van der Waals surface area (Å²) in [6.45, 7) is 2.80. The fourth-order valence-electron chi connectivity index (χ4n) is 6.24. The van der Waals surface area contributed by atoms with Crippen LogP contribution in [0.5, 0.6) is 0 Å². The summed E-state index contributed by atoms with van der Waals surface area (Å²) in [4.78, 5) is 35.8. The van der Waals surface area contributed by atoms with Crippen molar-refractivity contribution in [3.8, 4) is 0 Å². The quantitative estimate of drug-likeness (QED) is 0.385. The Bertz CT molecular complexity index is 1370. The number of piperazine rings is 1. The van der Waals surface area contributed by atoms with Crippen LogP contribution < -0.4 is 16.0 Å². The van der Waals surface area contributed by atoms with Gasteiger partial charge in [-0.15, -0.1) is 0 Å². The molecule has 5 aliphatic rings. The van der Waals surface area contributed by atoms with E-state index in [0.29, 0.717) is 54.7 Å². The molecular weight excluding hydrogens is 493 g/mol. The number of amides is 2.